The summed E-state index contributed by atoms with van der Waals surface area (Å²) >= 11 is 5.06. The van der Waals surface area contributed by atoms with Crippen molar-refractivity contribution in [3.05, 3.63) is 51.1 Å². The molecule has 3 rings (SSSR count). The van der Waals surface area contributed by atoms with E-state index < -0.39 is 0 Å². The highest BCUT2D eigenvalue weighted by atomic mass is 79.9. The fraction of sp³-hybridized carbons (Fsp3) is 0.0833. The number of tetrazole rings is 1. The molecule has 0 atom stereocenters. The van der Waals surface area contributed by atoms with Gasteiger partial charge < -0.3 is 5.32 Å². The maximum atomic E-state index is 13.8. The van der Waals surface area contributed by atoms with Crippen LogP contribution in [0.25, 0.3) is 5.69 Å². The summed E-state index contributed by atoms with van der Waals surface area (Å²) in [4.78, 5) is 1.11. The van der Waals surface area contributed by atoms with E-state index in [1.165, 1.54) is 17.1 Å². The van der Waals surface area contributed by atoms with Gasteiger partial charge in [-0.15, -0.1) is 16.4 Å². The Morgan fingerprint density at radius 2 is 2.25 bits per heavy atom. The van der Waals surface area contributed by atoms with Gasteiger partial charge >= 0.3 is 0 Å². The van der Waals surface area contributed by atoms with Gasteiger partial charge in [-0.05, 0) is 56.0 Å². The Labute approximate surface area is 126 Å². The van der Waals surface area contributed by atoms with Crippen LogP contribution < -0.4 is 5.32 Å². The topological polar surface area (TPSA) is 55.6 Å². The molecule has 0 fully saturated rings. The summed E-state index contributed by atoms with van der Waals surface area (Å²) in [6, 6.07) is 6.66. The quantitative estimate of drug-likeness (QED) is 0.782. The van der Waals surface area contributed by atoms with Gasteiger partial charge in [0.05, 0.1) is 17.9 Å². The van der Waals surface area contributed by atoms with E-state index >= 15 is 0 Å². The van der Waals surface area contributed by atoms with E-state index in [0.29, 0.717) is 17.9 Å². The summed E-state index contributed by atoms with van der Waals surface area (Å²) in [5.41, 5.74) is 1.11. The molecule has 3 aromatic rings. The highest BCUT2D eigenvalue weighted by Crippen LogP contribution is 2.25. The number of nitrogens with zero attached hydrogens (tertiary/aromatic N) is 4. The van der Waals surface area contributed by atoms with Crippen LogP contribution in [0, 0.1) is 5.82 Å². The van der Waals surface area contributed by atoms with Crippen molar-refractivity contribution in [3.63, 3.8) is 0 Å². The van der Waals surface area contributed by atoms with Crippen molar-refractivity contribution < 1.29 is 4.39 Å². The van der Waals surface area contributed by atoms with Gasteiger partial charge in [0.2, 0.25) is 0 Å². The highest BCUT2D eigenvalue weighted by molar-refractivity contribution is 9.10. The molecule has 0 aliphatic carbocycles. The summed E-state index contributed by atoms with van der Waals surface area (Å²) < 4.78 is 16.3. The van der Waals surface area contributed by atoms with Crippen molar-refractivity contribution in [2.75, 3.05) is 5.32 Å². The van der Waals surface area contributed by atoms with Crippen LogP contribution >= 0.6 is 27.3 Å². The monoisotopic (exact) mass is 353 g/mol. The van der Waals surface area contributed by atoms with Crippen molar-refractivity contribution in [2.45, 2.75) is 6.54 Å². The molecule has 0 unspecified atom stereocenters. The van der Waals surface area contributed by atoms with Crippen LogP contribution in [0.3, 0.4) is 0 Å². The molecule has 5 nitrogen and oxygen atoms in total. The zero-order valence-electron chi connectivity index (χ0n) is 10.1. The van der Waals surface area contributed by atoms with Crippen LogP contribution in [0.5, 0.6) is 0 Å². The number of thiophene rings is 1. The summed E-state index contributed by atoms with van der Waals surface area (Å²) in [7, 11) is 0. The fourth-order valence-electron chi connectivity index (χ4n) is 1.70. The number of hydrogen-bond acceptors (Lipinski definition) is 5. The Kier molecular flexibility index (Phi) is 3.75. The van der Waals surface area contributed by atoms with Gasteiger partial charge in [0.15, 0.2) is 0 Å². The SMILES string of the molecule is Fc1ccc(-n2cnnn2)cc1NCc1sccc1Br. The smallest absolute Gasteiger partial charge is 0.146 e. The van der Waals surface area contributed by atoms with Gasteiger partial charge in [-0.3, -0.25) is 0 Å². The number of anilines is 1. The largest absolute Gasteiger partial charge is 0.378 e. The zero-order valence-corrected chi connectivity index (χ0v) is 12.5. The van der Waals surface area contributed by atoms with Crippen LogP contribution in [-0.4, -0.2) is 20.2 Å². The minimum absolute atomic E-state index is 0.311. The Morgan fingerprint density at radius 3 is 2.95 bits per heavy atom. The maximum Gasteiger partial charge on any atom is 0.146 e. The Hall–Kier alpha value is -1.80. The highest BCUT2D eigenvalue weighted by Gasteiger charge is 2.07. The molecule has 0 spiro atoms. The summed E-state index contributed by atoms with van der Waals surface area (Å²) in [6.45, 7) is 0.550. The molecular weight excluding hydrogens is 345 g/mol. The standard InChI is InChI=1S/C12H9BrFN5S/c13-9-3-4-20-12(9)6-15-11-5-8(1-2-10(11)14)19-7-16-17-18-19/h1-5,7,15H,6H2. The predicted molar refractivity (Wildman–Crippen MR) is 78.5 cm³/mol. The first kappa shape index (κ1) is 13.2. The molecule has 0 saturated carbocycles. The molecule has 102 valence electrons. The van der Waals surface area contributed by atoms with Crippen molar-refractivity contribution in [3.8, 4) is 5.69 Å². The molecule has 0 aliphatic heterocycles. The second-order valence-electron chi connectivity index (χ2n) is 3.96. The third kappa shape index (κ3) is 2.70. The second-order valence-corrected chi connectivity index (χ2v) is 5.82. The maximum absolute atomic E-state index is 13.8. The van der Waals surface area contributed by atoms with E-state index in [1.54, 1.807) is 23.5 Å². The molecule has 8 heteroatoms. The Morgan fingerprint density at radius 1 is 1.35 bits per heavy atom. The zero-order chi connectivity index (χ0) is 13.9. The van der Waals surface area contributed by atoms with Crippen molar-refractivity contribution in [2.24, 2.45) is 0 Å². The number of aromatic nitrogens is 4. The van der Waals surface area contributed by atoms with Crippen LogP contribution in [0.4, 0.5) is 10.1 Å². The molecule has 0 amide bonds. The van der Waals surface area contributed by atoms with Crippen molar-refractivity contribution >= 4 is 33.0 Å². The molecule has 2 aromatic heterocycles. The molecular formula is C12H9BrFN5S. The fourth-order valence-corrected chi connectivity index (χ4v) is 3.13. The third-order valence-corrected chi connectivity index (χ3v) is 4.62. The number of halogens is 2. The molecule has 2 heterocycles. The molecule has 0 bridgehead atoms. The first-order valence-electron chi connectivity index (χ1n) is 5.72. The van der Waals surface area contributed by atoms with Crippen molar-refractivity contribution in [1.29, 1.82) is 0 Å². The molecule has 1 N–H and O–H groups in total. The van der Waals surface area contributed by atoms with E-state index in [1.807, 2.05) is 11.4 Å². The predicted octanol–water partition coefficient (Wildman–Crippen LogP) is 3.24. The molecule has 0 radical (unpaired) electrons. The minimum atomic E-state index is -0.311. The molecule has 1 aromatic carbocycles. The van der Waals surface area contributed by atoms with E-state index in [4.69, 9.17) is 0 Å². The molecule has 20 heavy (non-hydrogen) atoms. The second kappa shape index (κ2) is 5.68. The van der Waals surface area contributed by atoms with Crippen molar-refractivity contribution in [1.82, 2.24) is 20.2 Å². The van der Waals surface area contributed by atoms with E-state index in [9.17, 15) is 4.39 Å². The average molecular weight is 354 g/mol. The molecule has 0 aliphatic rings. The number of rotatable bonds is 4. The third-order valence-electron chi connectivity index (χ3n) is 2.69. The van der Waals surface area contributed by atoms with E-state index in [0.717, 1.165) is 9.35 Å². The number of hydrogen-bond donors (Lipinski definition) is 1. The van der Waals surface area contributed by atoms with Gasteiger partial charge in [0, 0.05) is 9.35 Å². The van der Waals surface area contributed by atoms with Crippen LogP contribution in [0.1, 0.15) is 4.88 Å². The lowest BCUT2D eigenvalue weighted by Gasteiger charge is -2.09. The van der Waals surface area contributed by atoms with E-state index in [-0.39, 0.29) is 5.82 Å². The van der Waals surface area contributed by atoms with Crippen LogP contribution in [0.2, 0.25) is 0 Å². The van der Waals surface area contributed by atoms with Crippen LogP contribution in [-0.2, 0) is 6.54 Å². The summed E-state index contributed by atoms with van der Waals surface area (Å²) in [5.74, 6) is -0.311. The molecule has 0 saturated heterocycles. The first-order chi connectivity index (χ1) is 9.74. The average Bonchev–Trinajstić information content (AvgIpc) is 3.10. The Bertz CT molecular complexity index is 712. The first-order valence-corrected chi connectivity index (χ1v) is 7.40. The van der Waals surface area contributed by atoms with E-state index in [2.05, 4.69) is 36.8 Å². The lowest BCUT2D eigenvalue weighted by molar-refractivity contribution is 0.629. The lowest BCUT2D eigenvalue weighted by atomic mass is 10.2. The summed E-state index contributed by atoms with van der Waals surface area (Å²) in [5, 5.41) is 16.0. The number of nitrogens with one attached hydrogen (secondary N) is 1. The number of benzene rings is 1. The van der Waals surface area contributed by atoms with Gasteiger partial charge in [-0.2, -0.15) is 0 Å². The normalized spacial score (nSPS) is 10.7. The van der Waals surface area contributed by atoms with Gasteiger partial charge in [-0.1, -0.05) is 0 Å². The van der Waals surface area contributed by atoms with Gasteiger partial charge in [-0.25, -0.2) is 9.07 Å². The van der Waals surface area contributed by atoms with Gasteiger partial charge in [0.1, 0.15) is 12.1 Å². The lowest BCUT2D eigenvalue weighted by Crippen LogP contribution is -2.03. The Balaban J connectivity index is 1.82. The van der Waals surface area contributed by atoms with Crippen LogP contribution in [0.15, 0.2) is 40.4 Å². The summed E-state index contributed by atoms with van der Waals surface area (Å²) in [6.07, 6.45) is 1.47. The van der Waals surface area contributed by atoms with Gasteiger partial charge in [0.25, 0.3) is 0 Å². The minimum Gasteiger partial charge on any atom is -0.378 e.